The summed E-state index contributed by atoms with van der Waals surface area (Å²) in [6.45, 7) is 0. The summed E-state index contributed by atoms with van der Waals surface area (Å²) in [5, 5.41) is 0. The van der Waals surface area contributed by atoms with E-state index in [9.17, 15) is 4.79 Å². The largest absolute Gasteiger partial charge is 0.465 e. The van der Waals surface area contributed by atoms with Gasteiger partial charge in [0.1, 0.15) is 0 Å². The zero-order chi connectivity index (χ0) is 9.14. The molecule has 0 aliphatic heterocycles. The minimum absolute atomic E-state index is 0.324. The molecule has 2 nitrogen and oxygen atoms in total. The van der Waals surface area contributed by atoms with Crippen LogP contribution in [0.25, 0.3) is 0 Å². The van der Waals surface area contributed by atoms with Crippen molar-refractivity contribution in [2.45, 2.75) is 4.90 Å². The Morgan fingerprint density at radius 1 is 1.58 bits per heavy atom. The number of carbonyl (C=O) groups is 1. The van der Waals surface area contributed by atoms with Gasteiger partial charge < -0.3 is 4.74 Å². The number of esters is 1. The molecule has 1 aromatic rings. The number of ether oxygens (including phenoxy) is 1. The zero-order valence-corrected chi connectivity index (χ0v) is 9.43. The third-order valence-corrected chi connectivity index (χ3v) is 3.35. The van der Waals surface area contributed by atoms with Gasteiger partial charge in [-0.2, -0.15) is 0 Å². The maximum Gasteiger partial charge on any atom is 0.338 e. The van der Waals surface area contributed by atoms with Crippen LogP contribution in [0.5, 0.6) is 0 Å². The molecule has 0 aromatic heterocycles. The van der Waals surface area contributed by atoms with Crippen LogP contribution in [0.15, 0.2) is 23.1 Å². The molecule has 0 fully saturated rings. The first-order chi connectivity index (χ1) is 5.66. The minimum atomic E-state index is -0.324. The van der Waals surface area contributed by atoms with E-state index in [1.165, 1.54) is 7.11 Å². The zero-order valence-electron chi connectivity index (χ0n) is 6.37. The molecular weight excluding hydrogens is 287 g/mol. The van der Waals surface area contributed by atoms with Crippen molar-refractivity contribution in [2.75, 3.05) is 7.11 Å². The number of thiol groups is 1. The van der Waals surface area contributed by atoms with E-state index in [2.05, 4.69) is 40.0 Å². The van der Waals surface area contributed by atoms with E-state index in [1.807, 2.05) is 6.07 Å². The molecule has 0 saturated carbocycles. The van der Waals surface area contributed by atoms with Crippen LogP contribution in [0.4, 0.5) is 0 Å². The van der Waals surface area contributed by atoms with Crippen LogP contribution in [0, 0.1) is 3.57 Å². The molecule has 1 rings (SSSR count). The molecule has 12 heavy (non-hydrogen) atoms. The Morgan fingerprint density at radius 2 is 2.25 bits per heavy atom. The molecule has 0 aliphatic carbocycles. The third-order valence-electron chi connectivity index (χ3n) is 1.38. The van der Waals surface area contributed by atoms with Gasteiger partial charge in [-0.05, 0) is 34.7 Å². The summed E-state index contributed by atoms with van der Waals surface area (Å²) in [6.07, 6.45) is 0. The molecule has 0 atom stereocenters. The van der Waals surface area contributed by atoms with Crippen LogP contribution in [-0.4, -0.2) is 13.1 Å². The lowest BCUT2D eigenvalue weighted by Crippen LogP contribution is -2.03. The molecule has 0 bridgehead atoms. The predicted molar refractivity (Wildman–Crippen MR) is 57.8 cm³/mol. The fourth-order valence-electron chi connectivity index (χ4n) is 0.787. The number of hydrogen-bond acceptors (Lipinski definition) is 3. The number of carbonyl (C=O) groups excluding carboxylic acids is 1. The van der Waals surface area contributed by atoms with Crippen molar-refractivity contribution in [3.8, 4) is 0 Å². The molecule has 0 aliphatic rings. The molecule has 0 saturated heterocycles. The average Bonchev–Trinajstić information content (AvgIpc) is 2.08. The highest BCUT2D eigenvalue weighted by Gasteiger charge is 2.10. The fraction of sp³-hybridized carbons (Fsp3) is 0.125. The van der Waals surface area contributed by atoms with Crippen molar-refractivity contribution in [1.29, 1.82) is 0 Å². The highest BCUT2D eigenvalue weighted by Crippen LogP contribution is 2.20. The van der Waals surface area contributed by atoms with Crippen molar-refractivity contribution in [3.05, 3.63) is 27.3 Å². The first-order valence-electron chi connectivity index (χ1n) is 3.22. The predicted octanol–water partition coefficient (Wildman–Crippen LogP) is 2.37. The molecule has 0 spiro atoms. The van der Waals surface area contributed by atoms with Gasteiger partial charge in [-0.25, -0.2) is 4.79 Å². The molecule has 0 heterocycles. The Balaban J connectivity index is 3.16. The maximum atomic E-state index is 11.1. The molecule has 0 unspecified atom stereocenters. The van der Waals surface area contributed by atoms with Crippen molar-refractivity contribution in [2.24, 2.45) is 0 Å². The summed E-state index contributed by atoms with van der Waals surface area (Å²) < 4.78 is 5.42. The van der Waals surface area contributed by atoms with E-state index < -0.39 is 0 Å². The van der Waals surface area contributed by atoms with E-state index >= 15 is 0 Å². The first-order valence-corrected chi connectivity index (χ1v) is 4.75. The molecule has 4 heteroatoms. The Morgan fingerprint density at radius 3 is 2.83 bits per heavy atom. The van der Waals surface area contributed by atoms with Gasteiger partial charge in [0, 0.05) is 8.47 Å². The molecule has 0 amide bonds. The molecule has 0 N–H and O–H groups in total. The van der Waals surface area contributed by atoms with Crippen LogP contribution >= 0.6 is 35.2 Å². The van der Waals surface area contributed by atoms with Crippen molar-refractivity contribution in [1.82, 2.24) is 0 Å². The van der Waals surface area contributed by atoms with E-state index in [1.54, 1.807) is 12.1 Å². The third kappa shape index (κ3) is 1.92. The monoisotopic (exact) mass is 294 g/mol. The van der Waals surface area contributed by atoms with Gasteiger partial charge in [-0.3, -0.25) is 0 Å². The number of rotatable bonds is 1. The Bertz CT molecular complexity index is 312. The van der Waals surface area contributed by atoms with Crippen LogP contribution in [-0.2, 0) is 4.74 Å². The van der Waals surface area contributed by atoms with Gasteiger partial charge in [0.25, 0.3) is 0 Å². The summed E-state index contributed by atoms with van der Waals surface area (Å²) in [4.78, 5) is 11.9. The lowest BCUT2D eigenvalue weighted by Gasteiger charge is -2.03. The Kier molecular flexibility index (Phi) is 3.39. The van der Waals surface area contributed by atoms with E-state index in [4.69, 9.17) is 0 Å². The second-order valence-corrected chi connectivity index (χ2v) is 3.69. The van der Waals surface area contributed by atoms with E-state index in [0.29, 0.717) is 5.56 Å². The summed E-state index contributed by atoms with van der Waals surface area (Å²) in [7, 11) is 1.36. The maximum absolute atomic E-state index is 11.1. The SMILES string of the molecule is COC(=O)c1cccc(S)c1I. The first kappa shape index (κ1) is 9.85. The van der Waals surface area contributed by atoms with E-state index in [0.717, 1.165) is 8.47 Å². The number of hydrogen-bond donors (Lipinski definition) is 1. The minimum Gasteiger partial charge on any atom is -0.465 e. The van der Waals surface area contributed by atoms with Crippen LogP contribution in [0.2, 0.25) is 0 Å². The van der Waals surface area contributed by atoms with Gasteiger partial charge in [0.2, 0.25) is 0 Å². The summed E-state index contributed by atoms with van der Waals surface area (Å²) in [5.41, 5.74) is 0.561. The van der Waals surface area contributed by atoms with E-state index in [-0.39, 0.29) is 5.97 Å². The average molecular weight is 294 g/mol. The standard InChI is InChI=1S/C8H7IO2S/c1-11-8(10)5-3-2-4-6(12)7(5)9/h2-4,12H,1H3. The summed E-state index contributed by atoms with van der Waals surface area (Å²) in [5.74, 6) is -0.324. The smallest absolute Gasteiger partial charge is 0.338 e. The van der Waals surface area contributed by atoms with Crippen LogP contribution in [0.1, 0.15) is 10.4 Å². The highest BCUT2D eigenvalue weighted by molar-refractivity contribution is 14.1. The lowest BCUT2D eigenvalue weighted by molar-refractivity contribution is 0.0599. The fourth-order valence-corrected chi connectivity index (χ4v) is 1.57. The highest BCUT2D eigenvalue weighted by atomic mass is 127. The number of benzene rings is 1. The van der Waals surface area contributed by atoms with Gasteiger partial charge in [0.15, 0.2) is 0 Å². The van der Waals surface area contributed by atoms with Crippen molar-refractivity contribution in [3.63, 3.8) is 0 Å². The number of halogens is 1. The second kappa shape index (κ2) is 4.13. The van der Waals surface area contributed by atoms with Crippen LogP contribution < -0.4 is 0 Å². The van der Waals surface area contributed by atoms with Crippen molar-refractivity contribution >= 4 is 41.2 Å². The molecule has 64 valence electrons. The van der Waals surface area contributed by atoms with Crippen molar-refractivity contribution < 1.29 is 9.53 Å². The van der Waals surface area contributed by atoms with Gasteiger partial charge in [0.05, 0.1) is 12.7 Å². The Hall–Kier alpha value is -0.230. The number of methoxy groups -OCH3 is 1. The molecule has 0 radical (unpaired) electrons. The van der Waals surface area contributed by atoms with Crippen LogP contribution in [0.3, 0.4) is 0 Å². The lowest BCUT2D eigenvalue weighted by atomic mass is 10.2. The van der Waals surface area contributed by atoms with Gasteiger partial charge in [-0.1, -0.05) is 6.07 Å². The second-order valence-electron chi connectivity index (χ2n) is 2.13. The normalized spacial score (nSPS) is 9.58. The van der Waals surface area contributed by atoms with Gasteiger partial charge >= 0.3 is 5.97 Å². The molecular formula is C8H7IO2S. The Labute approximate surface area is 89.9 Å². The molecule has 1 aromatic carbocycles. The van der Waals surface area contributed by atoms with Gasteiger partial charge in [-0.15, -0.1) is 12.6 Å². The quantitative estimate of drug-likeness (QED) is 0.489. The summed E-state index contributed by atoms with van der Waals surface area (Å²) >= 11 is 6.25. The topological polar surface area (TPSA) is 26.3 Å². The summed E-state index contributed by atoms with van der Waals surface area (Å²) in [6, 6.07) is 5.32.